The van der Waals surface area contributed by atoms with E-state index in [1.165, 1.54) is 23.0 Å². The molecule has 0 spiro atoms. The molecule has 0 unspecified atom stereocenters. The van der Waals surface area contributed by atoms with Gasteiger partial charge in [0, 0.05) is 37.4 Å². The van der Waals surface area contributed by atoms with Gasteiger partial charge in [-0.3, -0.25) is 9.78 Å². The Labute approximate surface area is 201 Å². The number of amides is 3. The Kier molecular flexibility index (Phi) is 6.34. The third-order valence-electron chi connectivity index (χ3n) is 6.30. The molecule has 3 aromatic heterocycles. The summed E-state index contributed by atoms with van der Waals surface area (Å²) in [6.45, 7) is 0. The zero-order valence-corrected chi connectivity index (χ0v) is 19.3. The minimum atomic E-state index is -0.623. The van der Waals surface area contributed by atoms with Crippen LogP contribution in [0.4, 0.5) is 26.4 Å². The maximum Gasteiger partial charge on any atom is 0.314 e. The van der Waals surface area contributed by atoms with Crippen molar-refractivity contribution in [1.29, 1.82) is 0 Å². The van der Waals surface area contributed by atoms with Crippen molar-refractivity contribution in [1.82, 2.24) is 30.2 Å². The largest absolute Gasteiger partial charge is 0.379 e. The Morgan fingerprint density at radius 2 is 1.71 bits per heavy atom. The number of fused-ring (bicyclic) bond motifs is 1. The summed E-state index contributed by atoms with van der Waals surface area (Å²) in [4.78, 5) is 32.7. The number of anilines is 3. The average molecular weight is 482 g/mol. The lowest BCUT2D eigenvalue weighted by Gasteiger charge is -2.30. The number of aromatic nitrogens is 4. The fraction of sp³-hybridized carbons (Fsp3) is 0.435. The Hall–Kier alpha value is -3.96. The minimum absolute atomic E-state index is 0.0349. The molecule has 2 aliphatic carbocycles. The highest BCUT2D eigenvalue weighted by Crippen LogP contribution is 2.30. The van der Waals surface area contributed by atoms with E-state index in [4.69, 9.17) is 0 Å². The molecule has 5 rings (SSSR count). The molecule has 0 aromatic carbocycles. The van der Waals surface area contributed by atoms with E-state index in [9.17, 15) is 14.0 Å². The van der Waals surface area contributed by atoms with Crippen LogP contribution in [-0.2, 0) is 0 Å². The SMILES string of the molecule is CNC(=O)NC1CCC(Nc2cc(NC3CC3)c3ncc(C(=O)Nc4ccncc4F)n3n2)CC1. The maximum absolute atomic E-state index is 14.0. The fourth-order valence-corrected chi connectivity index (χ4v) is 4.26. The number of rotatable bonds is 7. The number of imidazole rings is 1. The van der Waals surface area contributed by atoms with Crippen molar-refractivity contribution in [2.24, 2.45) is 0 Å². The molecule has 12 heteroatoms. The van der Waals surface area contributed by atoms with Gasteiger partial charge in [-0.15, -0.1) is 5.10 Å². The van der Waals surface area contributed by atoms with Crippen molar-refractivity contribution in [2.45, 2.75) is 56.7 Å². The van der Waals surface area contributed by atoms with Crippen molar-refractivity contribution in [3.8, 4) is 0 Å². The van der Waals surface area contributed by atoms with Crippen molar-refractivity contribution >= 4 is 34.8 Å². The van der Waals surface area contributed by atoms with E-state index in [1.54, 1.807) is 7.05 Å². The second kappa shape index (κ2) is 9.72. The van der Waals surface area contributed by atoms with Crippen LogP contribution in [0, 0.1) is 5.82 Å². The van der Waals surface area contributed by atoms with Gasteiger partial charge < -0.3 is 26.6 Å². The minimum Gasteiger partial charge on any atom is -0.379 e. The Morgan fingerprint density at radius 3 is 2.43 bits per heavy atom. The number of hydrogen-bond acceptors (Lipinski definition) is 7. The van der Waals surface area contributed by atoms with E-state index in [0.29, 0.717) is 17.5 Å². The van der Waals surface area contributed by atoms with Crippen LogP contribution in [0.3, 0.4) is 0 Å². The molecule has 3 aromatic rings. The first-order chi connectivity index (χ1) is 17.0. The molecular weight excluding hydrogens is 453 g/mol. The van der Waals surface area contributed by atoms with E-state index in [0.717, 1.165) is 50.4 Å². The summed E-state index contributed by atoms with van der Waals surface area (Å²) < 4.78 is 15.5. The molecule has 0 saturated heterocycles. The average Bonchev–Trinajstić information content (AvgIpc) is 3.57. The van der Waals surface area contributed by atoms with E-state index >= 15 is 0 Å². The Balaban J connectivity index is 1.36. The quantitative estimate of drug-likeness (QED) is 0.350. The van der Waals surface area contributed by atoms with Crippen LogP contribution >= 0.6 is 0 Å². The second-order valence-corrected chi connectivity index (χ2v) is 8.97. The first-order valence-electron chi connectivity index (χ1n) is 11.8. The van der Waals surface area contributed by atoms with Gasteiger partial charge in [-0.05, 0) is 44.6 Å². The van der Waals surface area contributed by atoms with Crippen molar-refractivity contribution in [3.05, 3.63) is 42.2 Å². The third kappa shape index (κ3) is 5.26. The second-order valence-electron chi connectivity index (χ2n) is 8.97. The monoisotopic (exact) mass is 481 g/mol. The summed E-state index contributed by atoms with van der Waals surface area (Å²) in [7, 11) is 1.61. The van der Waals surface area contributed by atoms with Crippen LogP contribution in [0.2, 0.25) is 0 Å². The number of urea groups is 1. The van der Waals surface area contributed by atoms with Gasteiger partial charge >= 0.3 is 6.03 Å². The summed E-state index contributed by atoms with van der Waals surface area (Å²) in [5, 5.41) is 19.7. The number of nitrogens with zero attached hydrogens (tertiary/aromatic N) is 4. The lowest BCUT2D eigenvalue weighted by Crippen LogP contribution is -2.43. The molecule has 3 amide bonds. The van der Waals surface area contributed by atoms with Crippen LogP contribution in [0.1, 0.15) is 49.0 Å². The fourth-order valence-electron chi connectivity index (χ4n) is 4.26. The number of hydrogen-bond donors (Lipinski definition) is 5. The van der Waals surface area contributed by atoms with Gasteiger partial charge in [0.2, 0.25) is 0 Å². The standard InChI is InChI=1S/C23H28FN9O2/c1-25-23(35)30-15-6-4-14(5-7-15)29-20-10-18(28-13-2-3-13)21-27-12-19(33(21)32-20)22(34)31-17-8-9-26-11-16(17)24/h8-15,28H,2-7H2,1H3,(H,29,32)(H2,25,30,35)(H,26,31,34). The Bertz CT molecular complexity index is 1230. The smallest absolute Gasteiger partial charge is 0.314 e. The van der Waals surface area contributed by atoms with Gasteiger partial charge in [0.25, 0.3) is 5.91 Å². The molecule has 2 fully saturated rings. The highest BCUT2D eigenvalue weighted by Gasteiger charge is 2.26. The maximum atomic E-state index is 14.0. The predicted octanol–water partition coefficient (Wildman–Crippen LogP) is 2.74. The van der Waals surface area contributed by atoms with Gasteiger partial charge in [-0.2, -0.15) is 0 Å². The first kappa shape index (κ1) is 22.8. The lowest BCUT2D eigenvalue weighted by atomic mass is 9.91. The van der Waals surface area contributed by atoms with Gasteiger partial charge in [0.15, 0.2) is 17.2 Å². The zero-order chi connectivity index (χ0) is 24.4. The lowest BCUT2D eigenvalue weighted by molar-refractivity contribution is 0.102. The Morgan fingerprint density at radius 1 is 1.00 bits per heavy atom. The molecular formula is C23H28FN9O2. The van der Waals surface area contributed by atoms with Gasteiger partial charge in [0.05, 0.1) is 23.8 Å². The first-order valence-corrected chi connectivity index (χ1v) is 11.8. The molecule has 184 valence electrons. The molecule has 0 atom stereocenters. The highest BCUT2D eigenvalue weighted by atomic mass is 19.1. The van der Waals surface area contributed by atoms with Crippen LogP contribution in [0.15, 0.2) is 30.7 Å². The zero-order valence-electron chi connectivity index (χ0n) is 19.3. The molecule has 2 saturated carbocycles. The van der Waals surface area contributed by atoms with Gasteiger partial charge in [-0.1, -0.05) is 0 Å². The topological polar surface area (TPSA) is 137 Å². The number of carbonyl (C=O) groups excluding carboxylic acids is 2. The highest BCUT2D eigenvalue weighted by molar-refractivity contribution is 6.03. The number of halogens is 1. The van der Waals surface area contributed by atoms with Gasteiger partial charge in [0.1, 0.15) is 5.82 Å². The predicted molar refractivity (Wildman–Crippen MR) is 129 cm³/mol. The molecule has 2 aliphatic rings. The molecule has 35 heavy (non-hydrogen) atoms. The van der Waals surface area contributed by atoms with E-state index < -0.39 is 11.7 Å². The molecule has 0 aliphatic heterocycles. The number of carbonyl (C=O) groups is 2. The summed E-state index contributed by atoms with van der Waals surface area (Å²) in [6.07, 6.45) is 9.51. The molecule has 11 nitrogen and oxygen atoms in total. The summed E-state index contributed by atoms with van der Waals surface area (Å²) >= 11 is 0. The molecule has 0 bridgehead atoms. The van der Waals surface area contributed by atoms with Crippen LogP contribution in [0.25, 0.3) is 5.65 Å². The molecule has 3 heterocycles. The van der Waals surface area contributed by atoms with E-state index in [1.807, 2.05) is 6.07 Å². The van der Waals surface area contributed by atoms with E-state index in [2.05, 4.69) is 41.7 Å². The number of pyridine rings is 1. The molecule has 5 N–H and O–H groups in total. The summed E-state index contributed by atoms with van der Waals surface area (Å²) in [6, 6.07) is 3.85. The molecule has 0 radical (unpaired) electrons. The van der Waals surface area contributed by atoms with Crippen molar-refractivity contribution in [2.75, 3.05) is 23.0 Å². The number of nitrogens with one attached hydrogen (secondary N) is 5. The van der Waals surface area contributed by atoms with Gasteiger partial charge in [-0.25, -0.2) is 18.7 Å². The van der Waals surface area contributed by atoms with E-state index in [-0.39, 0.29) is 29.5 Å². The van der Waals surface area contributed by atoms with Crippen LogP contribution < -0.4 is 26.6 Å². The summed E-state index contributed by atoms with van der Waals surface area (Å²) in [5.74, 6) is -0.529. The van der Waals surface area contributed by atoms with Crippen molar-refractivity contribution < 1.29 is 14.0 Å². The normalized spacial score (nSPS) is 19.7. The van der Waals surface area contributed by atoms with Crippen LogP contribution in [-0.4, -0.2) is 56.7 Å². The third-order valence-corrected chi connectivity index (χ3v) is 6.30. The van der Waals surface area contributed by atoms with Crippen LogP contribution in [0.5, 0.6) is 0 Å². The van der Waals surface area contributed by atoms with Crippen molar-refractivity contribution in [3.63, 3.8) is 0 Å². The summed E-state index contributed by atoms with van der Waals surface area (Å²) in [5.41, 5.74) is 1.54.